The monoisotopic (exact) mass is 323 g/mol. The molecule has 0 aliphatic heterocycles. The van der Waals surface area contributed by atoms with E-state index in [-0.39, 0.29) is 5.37 Å². The van der Waals surface area contributed by atoms with Gasteiger partial charge in [-0.25, -0.2) is 0 Å². The number of carbonyl (C=O) groups is 1. The first kappa shape index (κ1) is 19.0. The van der Waals surface area contributed by atoms with Crippen LogP contribution in [0.1, 0.15) is 70.8 Å². The van der Waals surface area contributed by atoms with Crippen LogP contribution in [0.3, 0.4) is 0 Å². The lowest BCUT2D eigenvalue weighted by atomic mass is 10.1. The van der Waals surface area contributed by atoms with Crippen LogP contribution < -0.4 is 4.90 Å². The van der Waals surface area contributed by atoms with Crippen molar-refractivity contribution >= 4 is 22.7 Å². The molecular formula is C19H30ClNO. The molecule has 0 atom stereocenters. The smallest absolute Gasteiger partial charge is 0.299 e. The van der Waals surface area contributed by atoms with Crippen LogP contribution in [-0.4, -0.2) is 11.9 Å². The predicted molar refractivity (Wildman–Crippen MR) is 97.0 cm³/mol. The highest BCUT2D eigenvalue weighted by Crippen LogP contribution is 2.19. The molecule has 1 aromatic rings. The summed E-state index contributed by atoms with van der Waals surface area (Å²) in [6, 6.07) is 8.11. The summed E-state index contributed by atoms with van der Waals surface area (Å²) in [5, 5.41) is -0.382. The van der Waals surface area contributed by atoms with E-state index in [1.54, 1.807) is 4.90 Å². The SMILES string of the molecule is CCCCCCCCCCN(C(=O)Cl)c1ccc(CC)cc1. The number of halogens is 1. The van der Waals surface area contributed by atoms with Gasteiger partial charge in [0.1, 0.15) is 0 Å². The molecule has 0 aromatic heterocycles. The zero-order valence-electron chi connectivity index (χ0n) is 14.1. The second-order valence-corrected chi connectivity index (χ2v) is 6.22. The molecule has 22 heavy (non-hydrogen) atoms. The summed E-state index contributed by atoms with van der Waals surface area (Å²) in [6.45, 7) is 5.08. The second-order valence-electron chi connectivity index (χ2n) is 5.90. The number of anilines is 1. The van der Waals surface area contributed by atoms with Crippen LogP contribution in [0, 0.1) is 0 Å². The summed E-state index contributed by atoms with van der Waals surface area (Å²) in [7, 11) is 0. The van der Waals surface area contributed by atoms with Gasteiger partial charge in [-0.2, -0.15) is 0 Å². The second kappa shape index (κ2) is 11.5. The molecule has 3 heteroatoms. The molecule has 0 spiro atoms. The van der Waals surface area contributed by atoms with E-state index in [9.17, 15) is 4.79 Å². The minimum atomic E-state index is -0.382. The zero-order valence-corrected chi connectivity index (χ0v) is 14.9. The quantitative estimate of drug-likeness (QED) is 0.257. The molecule has 0 unspecified atom stereocenters. The number of amides is 1. The third-order valence-electron chi connectivity index (χ3n) is 4.10. The van der Waals surface area contributed by atoms with Crippen molar-refractivity contribution in [2.24, 2.45) is 0 Å². The van der Waals surface area contributed by atoms with E-state index in [1.165, 1.54) is 50.5 Å². The maximum Gasteiger partial charge on any atom is 0.320 e. The molecule has 0 saturated heterocycles. The van der Waals surface area contributed by atoms with Crippen molar-refractivity contribution in [2.75, 3.05) is 11.4 Å². The summed E-state index contributed by atoms with van der Waals surface area (Å²) >= 11 is 5.74. The van der Waals surface area contributed by atoms with E-state index in [4.69, 9.17) is 11.6 Å². The van der Waals surface area contributed by atoms with E-state index in [0.29, 0.717) is 6.54 Å². The third-order valence-corrected chi connectivity index (χ3v) is 4.31. The topological polar surface area (TPSA) is 20.3 Å². The average molecular weight is 324 g/mol. The maximum absolute atomic E-state index is 11.6. The zero-order chi connectivity index (χ0) is 16.2. The van der Waals surface area contributed by atoms with Gasteiger partial charge in [0.2, 0.25) is 0 Å². The van der Waals surface area contributed by atoms with Crippen LogP contribution in [-0.2, 0) is 6.42 Å². The van der Waals surface area contributed by atoms with Crippen molar-refractivity contribution in [3.8, 4) is 0 Å². The number of hydrogen-bond donors (Lipinski definition) is 0. The molecule has 124 valence electrons. The number of aryl methyl sites for hydroxylation is 1. The fraction of sp³-hybridized carbons (Fsp3) is 0.632. The number of carbonyl (C=O) groups excluding carboxylic acids is 1. The van der Waals surface area contributed by atoms with Crippen molar-refractivity contribution in [1.82, 2.24) is 0 Å². The average Bonchev–Trinajstić information content (AvgIpc) is 2.53. The van der Waals surface area contributed by atoms with Gasteiger partial charge in [-0.1, -0.05) is 70.9 Å². The van der Waals surface area contributed by atoms with E-state index < -0.39 is 0 Å². The van der Waals surface area contributed by atoms with Crippen molar-refractivity contribution in [3.63, 3.8) is 0 Å². The van der Waals surface area contributed by atoms with Crippen molar-refractivity contribution in [1.29, 1.82) is 0 Å². The van der Waals surface area contributed by atoms with Gasteiger partial charge in [-0.05, 0) is 42.1 Å². The molecule has 0 N–H and O–H groups in total. The minimum absolute atomic E-state index is 0.382. The van der Waals surface area contributed by atoms with Gasteiger partial charge in [0.25, 0.3) is 0 Å². The largest absolute Gasteiger partial charge is 0.320 e. The van der Waals surface area contributed by atoms with Gasteiger partial charge in [0.05, 0.1) is 0 Å². The molecule has 0 radical (unpaired) electrons. The highest BCUT2D eigenvalue weighted by molar-refractivity contribution is 6.66. The number of benzene rings is 1. The fourth-order valence-electron chi connectivity index (χ4n) is 2.63. The first-order valence-electron chi connectivity index (χ1n) is 8.75. The highest BCUT2D eigenvalue weighted by atomic mass is 35.5. The van der Waals surface area contributed by atoms with Crippen molar-refractivity contribution in [3.05, 3.63) is 29.8 Å². The maximum atomic E-state index is 11.6. The lowest BCUT2D eigenvalue weighted by Gasteiger charge is -2.20. The van der Waals surface area contributed by atoms with Gasteiger partial charge in [-0.3, -0.25) is 9.69 Å². The molecule has 0 bridgehead atoms. The Labute approximate surface area is 140 Å². The Balaban J connectivity index is 2.31. The van der Waals surface area contributed by atoms with E-state index >= 15 is 0 Å². The van der Waals surface area contributed by atoms with Gasteiger partial charge < -0.3 is 0 Å². The fourth-order valence-corrected chi connectivity index (χ4v) is 2.82. The van der Waals surface area contributed by atoms with Crippen LogP contribution in [0.2, 0.25) is 0 Å². The summed E-state index contributed by atoms with van der Waals surface area (Å²) in [4.78, 5) is 13.3. The summed E-state index contributed by atoms with van der Waals surface area (Å²) in [5.41, 5.74) is 2.18. The summed E-state index contributed by atoms with van der Waals surface area (Å²) < 4.78 is 0. The number of nitrogens with zero attached hydrogens (tertiary/aromatic N) is 1. The van der Waals surface area contributed by atoms with Crippen LogP contribution >= 0.6 is 11.6 Å². The van der Waals surface area contributed by atoms with Gasteiger partial charge in [0.15, 0.2) is 0 Å². The van der Waals surface area contributed by atoms with Crippen molar-refractivity contribution in [2.45, 2.75) is 71.6 Å². The highest BCUT2D eigenvalue weighted by Gasteiger charge is 2.12. The molecule has 0 aliphatic carbocycles. The van der Waals surface area contributed by atoms with Crippen LogP contribution in [0.5, 0.6) is 0 Å². The Hall–Kier alpha value is -1.02. The predicted octanol–water partition coefficient (Wildman–Crippen LogP) is 6.55. The van der Waals surface area contributed by atoms with E-state index in [2.05, 4.69) is 26.0 Å². The molecule has 0 heterocycles. The number of hydrogen-bond acceptors (Lipinski definition) is 1. The van der Waals surface area contributed by atoms with Crippen LogP contribution in [0.15, 0.2) is 24.3 Å². The van der Waals surface area contributed by atoms with E-state index in [0.717, 1.165) is 18.5 Å². The van der Waals surface area contributed by atoms with Crippen molar-refractivity contribution < 1.29 is 4.79 Å². The molecule has 0 saturated carbocycles. The van der Waals surface area contributed by atoms with Crippen LogP contribution in [0.4, 0.5) is 10.5 Å². The lowest BCUT2D eigenvalue weighted by molar-refractivity contribution is 0.264. The Kier molecular flexibility index (Phi) is 9.98. The first-order chi connectivity index (χ1) is 10.7. The lowest BCUT2D eigenvalue weighted by Crippen LogP contribution is -2.26. The molecule has 1 amide bonds. The number of unbranched alkanes of at least 4 members (excludes halogenated alkanes) is 7. The molecule has 0 aliphatic rings. The third kappa shape index (κ3) is 7.31. The Morgan fingerprint density at radius 1 is 0.909 bits per heavy atom. The Bertz CT molecular complexity index is 416. The Morgan fingerprint density at radius 3 is 1.95 bits per heavy atom. The normalized spacial score (nSPS) is 10.7. The first-order valence-corrected chi connectivity index (χ1v) is 9.12. The number of rotatable bonds is 11. The molecular weight excluding hydrogens is 294 g/mol. The van der Waals surface area contributed by atoms with Gasteiger partial charge in [0, 0.05) is 12.2 Å². The minimum Gasteiger partial charge on any atom is -0.299 e. The van der Waals surface area contributed by atoms with Crippen LogP contribution in [0.25, 0.3) is 0 Å². The molecule has 1 aromatic carbocycles. The molecule has 0 fully saturated rings. The van der Waals surface area contributed by atoms with Gasteiger partial charge >= 0.3 is 5.37 Å². The molecule has 2 nitrogen and oxygen atoms in total. The van der Waals surface area contributed by atoms with E-state index in [1.807, 2.05) is 12.1 Å². The Morgan fingerprint density at radius 2 is 1.45 bits per heavy atom. The molecule has 1 rings (SSSR count). The summed E-state index contributed by atoms with van der Waals surface area (Å²) in [6.07, 6.45) is 11.1. The van der Waals surface area contributed by atoms with Gasteiger partial charge in [-0.15, -0.1) is 0 Å². The standard InChI is InChI=1S/C19H30ClNO/c1-3-5-6-7-8-9-10-11-16-21(19(20)22)18-14-12-17(4-2)13-15-18/h12-15H,3-11,16H2,1-2H3. The summed E-state index contributed by atoms with van der Waals surface area (Å²) in [5.74, 6) is 0.